The van der Waals surface area contributed by atoms with Gasteiger partial charge >= 0.3 is 5.97 Å². The summed E-state index contributed by atoms with van der Waals surface area (Å²) in [6.45, 7) is 16.3. The van der Waals surface area contributed by atoms with Crippen LogP contribution in [0.3, 0.4) is 0 Å². The van der Waals surface area contributed by atoms with Crippen molar-refractivity contribution in [3.8, 4) is 0 Å². The third-order valence-electron chi connectivity index (χ3n) is 7.19. The molecule has 0 saturated heterocycles. The van der Waals surface area contributed by atoms with Crippen LogP contribution in [0.1, 0.15) is 145 Å². The first-order valence-electron chi connectivity index (χ1n) is 14.2. The largest absolute Gasteiger partial charge is 0.462 e. The van der Waals surface area contributed by atoms with E-state index in [1.165, 1.54) is 82.6 Å². The molecule has 0 bridgehead atoms. The Morgan fingerprint density at radius 2 is 1.24 bits per heavy atom. The van der Waals surface area contributed by atoms with Gasteiger partial charge in [-0.15, -0.1) is 0 Å². The molecule has 0 N–H and O–H groups in total. The van der Waals surface area contributed by atoms with E-state index in [9.17, 15) is 4.79 Å². The normalized spacial score (nSPS) is 17.0. The van der Waals surface area contributed by atoms with Crippen molar-refractivity contribution in [3.05, 3.63) is 23.3 Å². The first-order valence-corrected chi connectivity index (χ1v) is 14.2. The van der Waals surface area contributed by atoms with E-state index in [4.69, 9.17) is 4.74 Å². The zero-order valence-electron chi connectivity index (χ0n) is 23.4. The van der Waals surface area contributed by atoms with Gasteiger partial charge in [-0.25, -0.2) is 4.79 Å². The highest BCUT2D eigenvalue weighted by molar-refractivity contribution is 5.92. The lowest BCUT2D eigenvalue weighted by molar-refractivity contribution is -0.138. The second-order valence-corrected chi connectivity index (χ2v) is 12.5. The molecule has 1 aliphatic rings. The average molecular weight is 461 g/mol. The van der Waals surface area contributed by atoms with Crippen molar-refractivity contribution in [2.45, 2.75) is 145 Å². The summed E-state index contributed by atoms with van der Waals surface area (Å²) in [5.41, 5.74) is 2.34. The highest BCUT2D eigenvalue weighted by atomic mass is 16.5. The van der Waals surface area contributed by atoms with Gasteiger partial charge in [0.2, 0.25) is 0 Å². The predicted molar refractivity (Wildman–Crippen MR) is 144 cm³/mol. The van der Waals surface area contributed by atoms with E-state index in [0.717, 1.165) is 24.8 Å². The predicted octanol–water partition coefficient (Wildman–Crippen LogP) is 9.98. The molecule has 0 saturated carbocycles. The minimum atomic E-state index is -0.139. The van der Waals surface area contributed by atoms with Gasteiger partial charge in [0.25, 0.3) is 0 Å². The molecular weight excluding hydrogens is 404 g/mol. The lowest BCUT2D eigenvalue weighted by Crippen LogP contribution is -2.26. The quantitative estimate of drug-likeness (QED) is 0.169. The fourth-order valence-corrected chi connectivity index (χ4v) is 4.56. The average Bonchev–Trinajstić information content (AvgIpc) is 2.74. The SMILES string of the molecule is CCCCCCCCCCCCCCCCOC(=O)C1=CC(C(C)(C)C)CC(C(C)(C)C)=C1. The van der Waals surface area contributed by atoms with E-state index in [1.54, 1.807) is 0 Å². The molecule has 0 aromatic rings. The summed E-state index contributed by atoms with van der Waals surface area (Å²) in [7, 11) is 0. The Hall–Kier alpha value is -1.05. The summed E-state index contributed by atoms with van der Waals surface area (Å²) in [5.74, 6) is 0.237. The summed E-state index contributed by atoms with van der Waals surface area (Å²) >= 11 is 0. The smallest absolute Gasteiger partial charge is 0.337 e. The van der Waals surface area contributed by atoms with Crippen LogP contribution in [0.5, 0.6) is 0 Å². The van der Waals surface area contributed by atoms with Crippen molar-refractivity contribution in [1.82, 2.24) is 0 Å². The van der Waals surface area contributed by atoms with Crippen LogP contribution >= 0.6 is 0 Å². The van der Waals surface area contributed by atoms with Gasteiger partial charge in [-0.1, -0.05) is 144 Å². The molecule has 192 valence electrons. The third kappa shape index (κ3) is 13.4. The van der Waals surface area contributed by atoms with Gasteiger partial charge in [0, 0.05) is 0 Å². The molecular formula is C31H56O2. The van der Waals surface area contributed by atoms with Gasteiger partial charge < -0.3 is 4.74 Å². The van der Waals surface area contributed by atoms with Gasteiger partial charge in [0.15, 0.2) is 0 Å². The molecule has 0 aromatic heterocycles. The second-order valence-electron chi connectivity index (χ2n) is 12.5. The molecule has 33 heavy (non-hydrogen) atoms. The van der Waals surface area contributed by atoms with Gasteiger partial charge in [-0.05, 0) is 35.7 Å². The summed E-state index contributed by atoms with van der Waals surface area (Å²) in [4.78, 5) is 12.7. The molecule has 0 radical (unpaired) electrons. The number of hydrogen-bond donors (Lipinski definition) is 0. The molecule has 0 fully saturated rings. The topological polar surface area (TPSA) is 26.3 Å². The molecule has 1 aliphatic carbocycles. The molecule has 0 heterocycles. The van der Waals surface area contributed by atoms with Crippen LogP contribution in [0.25, 0.3) is 0 Å². The van der Waals surface area contributed by atoms with Crippen molar-refractivity contribution < 1.29 is 9.53 Å². The Kier molecular flexibility index (Phi) is 14.3. The maximum atomic E-state index is 12.7. The van der Waals surface area contributed by atoms with E-state index in [-0.39, 0.29) is 16.8 Å². The lowest BCUT2D eigenvalue weighted by Gasteiger charge is -2.36. The van der Waals surface area contributed by atoms with E-state index in [1.807, 2.05) is 0 Å². The van der Waals surface area contributed by atoms with E-state index in [2.05, 4.69) is 60.6 Å². The monoisotopic (exact) mass is 460 g/mol. The maximum Gasteiger partial charge on any atom is 0.337 e. The number of allylic oxidation sites excluding steroid dienone is 2. The molecule has 1 unspecified atom stereocenters. The van der Waals surface area contributed by atoms with Crippen LogP contribution in [-0.2, 0) is 9.53 Å². The summed E-state index contributed by atoms with van der Waals surface area (Å²) in [6.07, 6.45) is 24.0. The van der Waals surface area contributed by atoms with Gasteiger partial charge in [0.05, 0.1) is 12.2 Å². The number of carbonyl (C=O) groups excluding carboxylic acids is 1. The van der Waals surface area contributed by atoms with Crippen molar-refractivity contribution in [2.75, 3.05) is 6.61 Å². The highest BCUT2D eigenvalue weighted by Crippen LogP contribution is 2.42. The number of unbranched alkanes of at least 4 members (excludes halogenated alkanes) is 13. The molecule has 0 aromatic carbocycles. The van der Waals surface area contributed by atoms with E-state index < -0.39 is 0 Å². The third-order valence-corrected chi connectivity index (χ3v) is 7.19. The number of carbonyl (C=O) groups is 1. The second kappa shape index (κ2) is 15.8. The summed E-state index contributed by atoms with van der Waals surface area (Å²) < 4.78 is 5.66. The fraction of sp³-hybridized carbons (Fsp3) is 0.839. The van der Waals surface area contributed by atoms with Gasteiger partial charge in [-0.3, -0.25) is 0 Å². The van der Waals surface area contributed by atoms with E-state index >= 15 is 0 Å². The Morgan fingerprint density at radius 1 is 0.788 bits per heavy atom. The summed E-state index contributed by atoms with van der Waals surface area (Å²) in [6, 6.07) is 0. The molecule has 0 amide bonds. The molecule has 0 spiro atoms. The fourth-order valence-electron chi connectivity index (χ4n) is 4.56. The van der Waals surface area contributed by atoms with Crippen molar-refractivity contribution in [1.29, 1.82) is 0 Å². The molecule has 2 nitrogen and oxygen atoms in total. The van der Waals surface area contributed by atoms with Gasteiger partial charge in [-0.2, -0.15) is 0 Å². The summed E-state index contributed by atoms with van der Waals surface area (Å²) in [5, 5.41) is 0. The number of ether oxygens (including phenoxy) is 1. The van der Waals surface area contributed by atoms with Crippen molar-refractivity contribution in [3.63, 3.8) is 0 Å². The minimum Gasteiger partial charge on any atom is -0.462 e. The van der Waals surface area contributed by atoms with E-state index in [0.29, 0.717) is 12.5 Å². The molecule has 1 atom stereocenters. The maximum absolute atomic E-state index is 12.7. The molecule has 1 rings (SSSR count). The molecule has 0 aliphatic heterocycles. The number of rotatable bonds is 16. The zero-order chi connectivity index (χ0) is 24.7. The minimum absolute atomic E-state index is 0.0813. The Balaban J connectivity index is 2.17. The first kappa shape index (κ1) is 30.0. The van der Waals surface area contributed by atoms with Crippen LogP contribution in [0.15, 0.2) is 23.3 Å². The lowest BCUT2D eigenvalue weighted by atomic mass is 9.69. The standard InChI is InChI=1S/C31H56O2/c1-8-9-10-11-12-13-14-15-16-17-18-19-20-21-22-33-29(32)26-23-27(30(2,3)4)25-28(24-26)31(5,6)7/h23-24,27H,8-22,25H2,1-7H3. The number of hydrogen-bond acceptors (Lipinski definition) is 2. The van der Waals surface area contributed by atoms with Crippen LogP contribution in [-0.4, -0.2) is 12.6 Å². The van der Waals surface area contributed by atoms with Crippen LogP contribution in [0.4, 0.5) is 0 Å². The van der Waals surface area contributed by atoms with Crippen LogP contribution in [0.2, 0.25) is 0 Å². The first-order chi connectivity index (χ1) is 15.6. The Labute approximate surface area is 207 Å². The van der Waals surface area contributed by atoms with Crippen LogP contribution < -0.4 is 0 Å². The Morgan fingerprint density at radius 3 is 1.67 bits per heavy atom. The Bertz CT molecular complexity index is 597. The van der Waals surface area contributed by atoms with Crippen molar-refractivity contribution in [2.24, 2.45) is 16.7 Å². The van der Waals surface area contributed by atoms with Crippen LogP contribution in [0, 0.1) is 16.7 Å². The number of esters is 1. The van der Waals surface area contributed by atoms with Gasteiger partial charge in [0.1, 0.15) is 0 Å². The highest BCUT2D eigenvalue weighted by Gasteiger charge is 2.32. The molecule has 2 heteroatoms. The zero-order valence-corrected chi connectivity index (χ0v) is 23.4. The van der Waals surface area contributed by atoms with Crippen molar-refractivity contribution >= 4 is 5.97 Å².